The van der Waals surface area contributed by atoms with Crippen LogP contribution >= 0.6 is 12.2 Å². The van der Waals surface area contributed by atoms with Crippen LogP contribution in [0, 0.1) is 0 Å². The summed E-state index contributed by atoms with van der Waals surface area (Å²) in [6, 6.07) is 17.7. The van der Waals surface area contributed by atoms with E-state index in [0.717, 1.165) is 11.3 Å². The van der Waals surface area contributed by atoms with Gasteiger partial charge in [-0.1, -0.05) is 42.5 Å². The minimum atomic E-state index is -0.582. The van der Waals surface area contributed by atoms with Crippen LogP contribution in [0.25, 0.3) is 0 Å². The second-order valence-corrected chi connectivity index (χ2v) is 6.45. The molecule has 0 aliphatic carbocycles. The highest BCUT2D eigenvalue weighted by Crippen LogP contribution is 2.33. The first-order valence-corrected chi connectivity index (χ1v) is 8.53. The lowest BCUT2D eigenvalue weighted by atomic mass is 10.2. The van der Waals surface area contributed by atoms with E-state index in [1.165, 1.54) is 4.90 Å². The summed E-state index contributed by atoms with van der Waals surface area (Å²) in [6.07, 6.45) is -0.582. The third-order valence-corrected chi connectivity index (χ3v) is 4.39. The van der Waals surface area contributed by atoms with E-state index in [9.17, 15) is 4.79 Å². The molecule has 0 radical (unpaired) electrons. The Kier molecular flexibility index (Phi) is 5.19. The average molecular weight is 355 g/mol. The Morgan fingerprint density at radius 1 is 1.20 bits per heavy atom. The first-order valence-electron chi connectivity index (χ1n) is 8.12. The topological polar surface area (TPSA) is 44.8 Å². The van der Waals surface area contributed by atoms with Gasteiger partial charge in [0.15, 0.2) is 11.2 Å². The van der Waals surface area contributed by atoms with Crippen molar-refractivity contribution in [2.75, 3.05) is 25.5 Å². The molecule has 1 heterocycles. The number of hydrogen-bond acceptors (Lipinski definition) is 3. The van der Waals surface area contributed by atoms with Gasteiger partial charge >= 0.3 is 0 Å². The van der Waals surface area contributed by atoms with Gasteiger partial charge in [-0.3, -0.25) is 4.79 Å². The number of hydrogen-bond donors (Lipinski definition) is 1. The molecule has 0 fully saturated rings. The number of thiocarbonyl (C=S) groups is 1. The molecule has 0 aromatic heterocycles. The Labute approximate surface area is 153 Å². The average Bonchev–Trinajstić information content (AvgIpc) is 2.65. The Bertz CT molecular complexity index is 764. The molecule has 25 heavy (non-hydrogen) atoms. The number of rotatable bonds is 3. The van der Waals surface area contributed by atoms with Crippen LogP contribution in [0.1, 0.15) is 5.56 Å². The van der Waals surface area contributed by atoms with Crippen molar-refractivity contribution in [2.24, 2.45) is 0 Å². The number of benzene rings is 2. The molecule has 6 heteroatoms. The van der Waals surface area contributed by atoms with E-state index in [0.29, 0.717) is 24.0 Å². The molecule has 1 atom stereocenters. The van der Waals surface area contributed by atoms with Crippen molar-refractivity contribution in [2.45, 2.75) is 12.6 Å². The molecule has 5 nitrogen and oxygen atoms in total. The largest absolute Gasteiger partial charge is 0.476 e. The number of fused-ring (bicyclic) bond motifs is 1. The standard InChI is InChI=1S/C19H21N3O2S/c1-21(2)18(23)17-13-22(15-10-6-7-11-16(15)24-17)19(25)20-12-14-8-4-3-5-9-14/h3-11,17H,12-13H2,1-2H3,(H,20,25). The molecule has 0 bridgehead atoms. The molecule has 0 saturated heterocycles. The Balaban J connectivity index is 1.78. The molecule has 3 rings (SSSR count). The fraction of sp³-hybridized carbons (Fsp3) is 0.263. The van der Waals surface area contributed by atoms with Crippen molar-refractivity contribution in [1.82, 2.24) is 10.2 Å². The first kappa shape index (κ1) is 17.2. The van der Waals surface area contributed by atoms with Crippen LogP contribution in [0.3, 0.4) is 0 Å². The molecular formula is C19H21N3O2S. The van der Waals surface area contributed by atoms with Crippen LogP contribution in [0.15, 0.2) is 54.6 Å². The SMILES string of the molecule is CN(C)C(=O)C1CN(C(=S)NCc2ccccc2)c2ccccc2O1. The number of carbonyl (C=O) groups is 1. The summed E-state index contributed by atoms with van der Waals surface area (Å²) in [5.41, 5.74) is 2.02. The Morgan fingerprint density at radius 2 is 1.88 bits per heavy atom. The maximum absolute atomic E-state index is 12.4. The lowest BCUT2D eigenvalue weighted by Gasteiger charge is -2.36. The third-order valence-electron chi connectivity index (χ3n) is 4.02. The van der Waals surface area contributed by atoms with Crippen LogP contribution in [0.5, 0.6) is 5.75 Å². The van der Waals surface area contributed by atoms with E-state index in [-0.39, 0.29) is 5.91 Å². The van der Waals surface area contributed by atoms with Crippen molar-refractivity contribution < 1.29 is 9.53 Å². The highest BCUT2D eigenvalue weighted by molar-refractivity contribution is 7.80. The first-order chi connectivity index (χ1) is 12.1. The minimum absolute atomic E-state index is 0.0784. The molecular weight excluding hydrogens is 334 g/mol. The number of nitrogens with zero attached hydrogens (tertiary/aromatic N) is 2. The number of nitrogens with one attached hydrogen (secondary N) is 1. The predicted octanol–water partition coefficient (Wildman–Crippen LogP) is 2.42. The summed E-state index contributed by atoms with van der Waals surface area (Å²) in [5, 5.41) is 3.85. The van der Waals surface area contributed by atoms with Crippen LogP contribution in [0.2, 0.25) is 0 Å². The molecule has 0 spiro atoms. The molecule has 130 valence electrons. The maximum atomic E-state index is 12.4. The van der Waals surface area contributed by atoms with Gasteiger partial charge in [0.1, 0.15) is 5.75 Å². The maximum Gasteiger partial charge on any atom is 0.265 e. The lowest BCUT2D eigenvalue weighted by molar-refractivity contribution is -0.135. The van der Waals surface area contributed by atoms with Crippen molar-refractivity contribution in [3.05, 3.63) is 60.2 Å². The lowest BCUT2D eigenvalue weighted by Crippen LogP contribution is -2.52. The monoisotopic (exact) mass is 355 g/mol. The van der Waals surface area contributed by atoms with Crippen LogP contribution in [-0.4, -0.2) is 42.7 Å². The van der Waals surface area contributed by atoms with Gasteiger partial charge in [-0.05, 0) is 29.9 Å². The Hall–Kier alpha value is -2.60. The van der Waals surface area contributed by atoms with Gasteiger partial charge in [-0.15, -0.1) is 0 Å². The second kappa shape index (κ2) is 7.53. The molecule has 2 aromatic rings. The third kappa shape index (κ3) is 3.91. The van der Waals surface area contributed by atoms with E-state index in [2.05, 4.69) is 5.32 Å². The van der Waals surface area contributed by atoms with Crippen molar-refractivity contribution in [1.29, 1.82) is 0 Å². The Morgan fingerprint density at radius 3 is 2.60 bits per heavy atom. The van der Waals surface area contributed by atoms with Gasteiger partial charge < -0.3 is 19.9 Å². The summed E-state index contributed by atoms with van der Waals surface area (Å²) in [5.74, 6) is 0.586. The number of anilines is 1. The van der Waals surface area contributed by atoms with Crippen LogP contribution in [-0.2, 0) is 11.3 Å². The molecule has 2 aromatic carbocycles. The minimum Gasteiger partial charge on any atom is -0.476 e. The summed E-state index contributed by atoms with van der Waals surface area (Å²) in [6.45, 7) is 1.01. The zero-order chi connectivity index (χ0) is 17.8. The molecule has 1 N–H and O–H groups in total. The highest BCUT2D eigenvalue weighted by Gasteiger charge is 2.33. The highest BCUT2D eigenvalue weighted by atomic mass is 32.1. The quantitative estimate of drug-likeness (QED) is 0.857. The second-order valence-electron chi connectivity index (χ2n) is 6.06. The molecule has 1 aliphatic heterocycles. The van der Waals surface area contributed by atoms with Gasteiger partial charge in [-0.2, -0.15) is 0 Å². The summed E-state index contributed by atoms with van der Waals surface area (Å²) >= 11 is 5.59. The van der Waals surface area contributed by atoms with Gasteiger partial charge in [-0.25, -0.2) is 0 Å². The molecule has 1 amide bonds. The molecule has 0 saturated carbocycles. The number of para-hydroxylation sites is 2. The normalized spacial score (nSPS) is 15.8. The summed E-state index contributed by atoms with van der Waals surface area (Å²) in [7, 11) is 3.45. The number of carbonyl (C=O) groups excluding carboxylic acids is 1. The van der Waals surface area contributed by atoms with E-state index in [1.807, 2.05) is 59.5 Å². The van der Waals surface area contributed by atoms with Gasteiger partial charge in [0, 0.05) is 20.6 Å². The molecule has 1 aliphatic rings. The van der Waals surface area contributed by atoms with Crippen molar-refractivity contribution in [3.8, 4) is 5.75 Å². The van der Waals surface area contributed by atoms with Gasteiger partial charge in [0.05, 0.1) is 12.2 Å². The van der Waals surface area contributed by atoms with E-state index >= 15 is 0 Å². The zero-order valence-electron chi connectivity index (χ0n) is 14.3. The summed E-state index contributed by atoms with van der Waals surface area (Å²) in [4.78, 5) is 15.8. The van der Waals surface area contributed by atoms with Crippen molar-refractivity contribution in [3.63, 3.8) is 0 Å². The van der Waals surface area contributed by atoms with Gasteiger partial charge in [0.25, 0.3) is 5.91 Å². The van der Waals surface area contributed by atoms with Crippen molar-refractivity contribution >= 4 is 28.9 Å². The van der Waals surface area contributed by atoms with Crippen LogP contribution < -0.4 is 15.0 Å². The van der Waals surface area contributed by atoms with E-state index in [1.54, 1.807) is 14.1 Å². The number of ether oxygens (including phenoxy) is 1. The molecule has 1 unspecified atom stereocenters. The fourth-order valence-corrected chi connectivity index (χ4v) is 2.96. The van der Waals surface area contributed by atoms with Gasteiger partial charge in [0.2, 0.25) is 0 Å². The fourth-order valence-electron chi connectivity index (χ4n) is 2.71. The van der Waals surface area contributed by atoms with E-state index < -0.39 is 6.10 Å². The number of likely N-dealkylation sites (N-methyl/N-ethyl adjacent to an activating group) is 1. The summed E-state index contributed by atoms with van der Waals surface area (Å²) < 4.78 is 5.88. The van der Waals surface area contributed by atoms with E-state index in [4.69, 9.17) is 17.0 Å². The van der Waals surface area contributed by atoms with Crippen LogP contribution in [0.4, 0.5) is 5.69 Å². The zero-order valence-corrected chi connectivity index (χ0v) is 15.1. The smallest absolute Gasteiger partial charge is 0.265 e. The number of amides is 1. The predicted molar refractivity (Wildman–Crippen MR) is 103 cm³/mol.